The van der Waals surface area contributed by atoms with Crippen LogP contribution in [0.3, 0.4) is 0 Å². The second-order valence-corrected chi connectivity index (χ2v) is 11.0. The van der Waals surface area contributed by atoms with Gasteiger partial charge in [-0.15, -0.1) is 0 Å². The molecule has 3 aromatic carbocycles. The summed E-state index contributed by atoms with van der Waals surface area (Å²) in [6.07, 6.45) is 3.63. The summed E-state index contributed by atoms with van der Waals surface area (Å²) >= 11 is 4.96. The number of methoxy groups -OCH3 is 3. The molecule has 0 fully saturated rings. The fourth-order valence-electron chi connectivity index (χ4n) is 5.31. The van der Waals surface area contributed by atoms with Crippen molar-refractivity contribution < 1.29 is 14.2 Å². The van der Waals surface area contributed by atoms with Crippen molar-refractivity contribution in [3.8, 4) is 17.2 Å². The number of nitrogens with zero attached hydrogens (tertiary/aromatic N) is 2. The second-order valence-electron chi connectivity index (χ2n) is 9.13. The Morgan fingerprint density at radius 2 is 1.84 bits per heavy atom. The van der Waals surface area contributed by atoms with E-state index in [1.165, 1.54) is 16.9 Å². The molecule has 0 saturated carbocycles. The molecule has 6 rings (SSSR count). The van der Waals surface area contributed by atoms with Crippen LogP contribution in [0.1, 0.15) is 34.7 Å². The van der Waals surface area contributed by atoms with Crippen molar-refractivity contribution >= 4 is 39.0 Å². The number of ether oxygens (including phenoxy) is 3. The van der Waals surface area contributed by atoms with Crippen LogP contribution in [-0.4, -0.2) is 25.9 Å². The van der Waals surface area contributed by atoms with Gasteiger partial charge in [0.15, 0.2) is 16.3 Å². The van der Waals surface area contributed by atoms with Crippen LogP contribution in [0.15, 0.2) is 80.5 Å². The molecule has 4 aromatic rings. The number of aryl methyl sites for hydroxylation is 1. The van der Waals surface area contributed by atoms with Gasteiger partial charge in [0.25, 0.3) is 5.56 Å². The summed E-state index contributed by atoms with van der Waals surface area (Å²) in [7, 11) is 4.85. The van der Waals surface area contributed by atoms with Crippen molar-refractivity contribution in [3.05, 3.63) is 113 Å². The average molecular weight is 590 g/mol. The third-order valence-electron chi connectivity index (χ3n) is 7.04. The van der Waals surface area contributed by atoms with Gasteiger partial charge in [-0.25, -0.2) is 4.99 Å². The number of thiazole rings is 1. The predicted octanol–water partition coefficient (Wildman–Crippen LogP) is 5.11. The maximum atomic E-state index is 14.0. The lowest BCUT2D eigenvalue weighted by Crippen LogP contribution is -2.38. The van der Waals surface area contributed by atoms with Crippen LogP contribution in [0.2, 0.25) is 0 Å². The predicted molar refractivity (Wildman–Crippen MR) is 153 cm³/mol. The maximum absolute atomic E-state index is 14.0. The number of benzene rings is 3. The van der Waals surface area contributed by atoms with Crippen LogP contribution >= 0.6 is 27.3 Å². The van der Waals surface area contributed by atoms with Crippen LogP contribution in [0, 0.1) is 0 Å². The SMILES string of the molecule is COc1cccc(C2C3=C(N=c4sc(=Cc5cc(Br)c(OC)c(OC)c5)c(=O)n42)c2ccccc2CC3)c1. The minimum atomic E-state index is -0.260. The molecule has 0 spiro atoms. The molecule has 2 heterocycles. The molecule has 1 aliphatic heterocycles. The second kappa shape index (κ2) is 9.93. The van der Waals surface area contributed by atoms with Crippen molar-refractivity contribution in [2.45, 2.75) is 18.9 Å². The van der Waals surface area contributed by atoms with E-state index in [2.05, 4.69) is 46.3 Å². The average Bonchev–Trinajstić information content (AvgIpc) is 3.25. The highest BCUT2D eigenvalue weighted by Crippen LogP contribution is 2.42. The van der Waals surface area contributed by atoms with Gasteiger partial charge in [-0.1, -0.05) is 47.7 Å². The first-order valence-corrected chi connectivity index (χ1v) is 13.8. The molecule has 8 heteroatoms. The molecule has 38 heavy (non-hydrogen) atoms. The summed E-state index contributed by atoms with van der Waals surface area (Å²) in [5, 5.41) is 0. The molecule has 192 valence electrons. The Hall–Kier alpha value is -3.62. The number of hydrogen-bond acceptors (Lipinski definition) is 6. The maximum Gasteiger partial charge on any atom is 0.271 e. The fourth-order valence-corrected chi connectivity index (χ4v) is 6.93. The van der Waals surface area contributed by atoms with Gasteiger partial charge in [0.2, 0.25) is 0 Å². The summed E-state index contributed by atoms with van der Waals surface area (Å²) in [4.78, 5) is 19.8. The van der Waals surface area contributed by atoms with Gasteiger partial charge in [0.05, 0.1) is 42.1 Å². The fraction of sp³-hybridized carbons (Fsp3) is 0.200. The van der Waals surface area contributed by atoms with Crippen LogP contribution in [0.25, 0.3) is 11.8 Å². The Morgan fingerprint density at radius 1 is 1.00 bits per heavy atom. The molecule has 0 saturated heterocycles. The zero-order chi connectivity index (χ0) is 26.4. The molecule has 1 aliphatic carbocycles. The Balaban J connectivity index is 1.60. The minimum absolute atomic E-state index is 0.0714. The minimum Gasteiger partial charge on any atom is -0.497 e. The third kappa shape index (κ3) is 4.08. The molecule has 2 aliphatic rings. The van der Waals surface area contributed by atoms with Gasteiger partial charge < -0.3 is 14.2 Å². The van der Waals surface area contributed by atoms with Crippen LogP contribution in [-0.2, 0) is 6.42 Å². The van der Waals surface area contributed by atoms with E-state index in [-0.39, 0.29) is 11.6 Å². The Kier molecular flexibility index (Phi) is 6.45. The van der Waals surface area contributed by atoms with Crippen LogP contribution in [0.5, 0.6) is 17.2 Å². The molecule has 1 aromatic heterocycles. The van der Waals surface area contributed by atoms with Crippen molar-refractivity contribution in [1.29, 1.82) is 0 Å². The van der Waals surface area contributed by atoms with Gasteiger partial charge in [0, 0.05) is 5.56 Å². The molecule has 0 radical (unpaired) electrons. The van der Waals surface area contributed by atoms with Crippen LogP contribution in [0.4, 0.5) is 0 Å². The van der Waals surface area contributed by atoms with E-state index in [9.17, 15) is 4.79 Å². The third-order valence-corrected chi connectivity index (χ3v) is 8.61. The molecule has 0 N–H and O–H groups in total. The number of aromatic nitrogens is 1. The smallest absolute Gasteiger partial charge is 0.271 e. The van der Waals surface area contributed by atoms with Gasteiger partial charge in [0.1, 0.15) is 5.75 Å². The molecular weight excluding hydrogens is 564 g/mol. The van der Waals surface area contributed by atoms with E-state index in [1.54, 1.807) is 21.3 Å². The van der Waals surface area contributed by atoms with Gasteiger partial charge in [-0.2, -0.15) is 0 Å². The highest BCUT2D eigenvalue weighted by molar-refractivity contribution is 9.10. The van der Waals surface area contributed by atoms with E-state index in [1.807, 2.05) is 41.0 Å². The van der Waals surface area contributed by atoms with E-state index in [0.29, 0.717) is 20.8 Å². The standard InChI is InChI=1S/C30H25BrN2O4S/c1-35-20-9-6-8-19(16-20)27-22-12-11-18-7-4-5-10-21(18)26(22)32-30-33(27)29(34)25(38-30)15-17-13-23(31)28(37-3)24(14-17)36-2/h4-10,13-16,27H,11-12H2,1-3H3. The number of allylic oxidation sites excluding steroid dienone is 1. The Morgan fingerprint density at radius 3 is 2.63 bits per heavy atom. The zero-order valence-corrected chi connectivity index (χ0v) is 23.6. The van der Waals surface area contributed by atoms with Crippen molar-refractivity contribution in [3.63, 3.8) is 0 Å². The van der Waals surface area contributed by atoms with E-state index >= 15 is 0 Å². The highest BCUT2D eigenvalue weighted by Gasteiger charge is 2.32. The van der Waals surface area contributed by atoms with E-state index < -0.39 is 0 Å². The summed E-state index contributed by atoms with van der Waals surface area (Å²) < 4.78 is 19.7. The molecular formula is C30H25BrN2O4S. The molecule has 0 bridgehead atoms. The first kappa shape index (κ1) is 24.7. The summed E-state index contributed by atoms with van der Waals surface area (Å²) in [5.41, 5.74) is 6.32. The van der Waals surface area contributed by atoms with Crippen molar-refractivity contribution in [2.24, 2.45) is 4.99 Å². The van der Waals surface area contributed by atoms with E-state index in [0.717, 1.165) is 51.0 Å². The van der Waals surface area contributed by atoms with Crippen molar-refractivity contribution in [2.75, 3.05) is 21.3 Å². The van der Waals surface area contributed by atoms with Gasteiger partial charge in [-0.05, 0) is 81.4 Å². The summed E-state index contributed by atoms with van der Waals surface area (Å²) in [5.74, 6) is 1.95. The quantitative estimate of drug-likeness (QED) is 0.325. The number of hydrogen-bond donors (Lipinski definition) is 0. The lowest BCUT2D eigenvalue weighted by Gasteiger charge is -2.31. The first-order valence-electron chi connectivity index (χ1n) is 12.2. The van der Waals surface area contributed by atoms with Crippen molar-refractivity contribution in [1.82, 2.24) is 4.57 Å². The first-order chi connectivity index (χ1) is 18.5. The largest absolute Gasteiger partial charge is 0.497 e. The van der Waals surface area contributed by atoms with Crippen LogP contribution < -0.4 is 29.1 Å². The molecule has 0 amide bonds. The lowest BCUT2D eigenvalue weighted by atomic mass is 9.83. The Bertz CT molecular complexity index is 1790. The molecule has 1 unspecified atom stereocenters. The number of rotatable bonds is 5. The van der Waals surface area contributed by atoms with Gasteiger partial charge >= 0.3 is 0 Å². The molecule has 1 atom stereocenters. The summed E-state index contributed by atoms with van der Waals surface area (Å²) in [6, 6.07) is 19.9. The van der Waals surface area contributed by atoms with Gasteiger partial charge in [-0.3, -0.25) is 9.36 Å². The highest BCUT2D eigenvalue weighted by atomic mass is 79.9. The number of halogens is 1. The summed E-state index contributed by atoms with van der Waals surface area (Å²) in [6.45, 7) is 0. The lowest BCUT2D eigenvalue weighted by molar-refractivity contribution is 0.353. The Labute approximate surface area is 232 Å². The zero-order valence-electron chi connectivity index (χ0n) is 21.2. The topological polar surface area (TPSA) is 62.0 Å². The number of fused-ring (bicyclic) bond motifs is 3. The monoisotopic (exact) mass is 588 g/mol. The normalized spacial score (nSPS) is 16.3. The van der Waals surface area contributed by atoms with E-state index in [4.69, 9.17) is 19.2 Å². The molecule has 6 nitrogen and oxygen atoms in total.